The number of benzene rings is 9. The third kappa shape index (κ3) is 5.17. The van der Waals surface area contributed by atoms with Crippen molar-refractivity contribution in [2.45, 2.75) is 12.0 Å². The van der Waals surface area contributed by atoms with Crippen LogP contribution >= 0.6 is 0 Å². The minimum absolute atomic E-state index is 0.502. The number of nitrogens with two attached hydrogens (primary N) is 1. The van der Waals surface area contributed by atoms with E-state index in [0.717, 1.165) is 28.1 Å². The van der Waals surface area contributed by atoms with Gasteiger partial charge in [-0.3, -0.25) is 4.99 Å². The van der Waals surface area contributed by atoms with E-state index < -0.39 is 5.41 Å². The zero-order chi connectivity index (χ0) is 38.6. The monoisotopic (exact) mass is 741 g/mol. The summed E-state index contributed by atoms with van der Waals surface area (Å²) < 4.78 is 2.47. The smallest absolute Gasteiger partial charge is 0.0743 e. The summed E-state index contributed by atoms with van der Waals surface area (Å²) in [5.41, 5.74) is 21.9. The molecule has 58 heavy (non-hydrogen) atoms. The summed E-state index contributed by atoms with van der Waals surface area (Å²) in [5.74, 6) is 0. The van der Waals surface area contributed by atoms with Crippen LogP contribution in [0.25, 0.3) is 49.4 Å². The van der Waals surface area contributed by atoms with E-state index in [-0.39, 0.29) is 0 Å². The molecular formula is C55H39N3. The van der Waals surface area contributed by atoms with E-state index in [0.29, 0.717) is 12.2 Å². The van der Waals surface area contributed by atoms with Crippen molar-refractivity contribution >= 4 is 44.0 Å². The van der Waals surface area contributed by atoms with Crippen LogP contribution in [-0.2, 0) is 12.0 Å². The molecule has 1 heterocycles. The van der Waals surface area contributed by atoms with E-state index in [1.54, 1.807) is 0 Å². The first-order valence-corrected chi connectivity index (χ1v) is 20.0. The Morgan fingerprint density at radius 1 is 0.500 bits per heavy atom. The fraction of sp³-hybridized carbons (Fsp3) is 0.0364. The van der Waals surface area contributed by atoms with E-state index in [1.165, 1.54) is 66.0 Å². The normalized spacial score (nSPS) is 13.2. The van der Waals surface area contributed by atoms with Gasteiger partial charge in [0, 0.05) is 33.3 Å². The third-order valence-corrected chi connectivity index (χ3v) is 12.1. The molecule has 1 aliphatic carbocycles. The standard InChI is InChI=1S/C55H39N3/c56-50-30-15-13-28-45(50)54(39-19-4-1-5-20-39)57-36-37-17-16-25-42(33-37)58-51-32-31-38-18-10-11-26-43(38)53(51)47-34-46-44-27-12-14-29-48(44)55(49(46)35-52(47)58,40-21-6-2-7-22-40)41-23-8-3-9-24-41/h1-35H,36,56H2/b57-54-. The van der Waals surface area contributed by atoms with E-state index >= 15 is 0 Å². The number of fused-ring (bicyclic) bond motifs is 8. The van der Waals surface area contributed by atoms with Gasteiger partial charge < -0.3 is 10.3 Å². The van der Waals surface area contributed by atoms with Crippen molar-refractivity contribution in [1.29, 1.82) is 0 Å². The van der Waals surface area contributed by atoms with Gasteiger partial charge in [-0.05, 0) is 86.1 Å². The molecule has 274 valence electrons. The van der Waals surface area contributed by atoms with Crippen LogP contribution in [-0.4, -0.2) is 10.3 Å². The molecule has 0 unspecified atom stereocenters. The minimum Gasteiger partial charge on any atom is -0.398 e. The molecule has 11 rings (SSSR count). The van der Waals surface area contributed by atoms with Crippen molar-refractivity contribution in [3.8, 4) is 16.8 Å². The molecule has 3 nitrogen and oxygen atoms in total. The van der Waals surface area contributed by atoms with Gasteiger partial charge in [-0.2, -0.15) is 0 Å². The number of hydrogen-bond acceptors (Lipinski definition) is 2. The molecule has 0 saturated carbocycles. The zero-order valence-corrected chi connectivity index (χ0v) is 31.9. The molecule has 0 radical (unpaired) electrons. The molecular weight excluding hydrogens is 703 g/mol. The molecule has 0 bridgehead atoms. The van der Waals surface area contributed by atoms with Crippen LogP contribution in [0, 0.1) is 0 Å². The average molecular weight is 742 g/mol. The van der Waals surface area contributed by atoms with Crippen LogP contribution in [0.5, 0.6) is 0 Å². The average Bonchev–Trinajstić information content (AvgIpc) is 3.77. The molecule has 0 atom stereocenters. The maximum atomic E-state index is 6.54. The molecule has 0 fully saturated rings. The van der Waals surface area contributed by atoms with Gasteiger partial charge in [0.15, 0.2) is 0 Å². The molecule has 2 N–H and O–H groups in total. The first kappa shape index (κ1) is 33.8. The Labute approximate surface area is 338 Å². The number of aliphatic imine (C=N–C) groups is 1. The molecule has 0 amide bonds. The molecule has 3 heteroatoms. The maximum Gasteiger partial charge on any atom is 0.0743 e. The second-order valence-corrected chi connectivity index (χ2v) is 15.2. The maximum absolute atomic E-state index is 6.54. The largest absolute Gasteiger partial charge is 0.398 e. The summed E-state index contributed by atoms with van der Waals surface area (Å²) in [7, 11) is 0. The summed E-state index contributed by atoms with van der Waals surface area (Å²) in [6.45, 7) is 0.502. The number of rotatable bonds is 7. The van der Waals surface area contributed by atoms with Gasteiger partial charge in [-0.25, -0.2) is 0 Å². The van der Waals surface area contributed by atoms with Crippen LogP contribution in [0.2, 0.25) is 0 Å². The highest BCUT2D eigenvalue weighted by Gasteiger charge is 2.46. The summed E-state index contributed by atoms with van der Waals surface area (Å²) in [6, 6.07) is 76.7. The Hall–Kier alpha value is -7.49. The Bertz CT molecular complexity index is 3160. The molecule has 9 aromatic carbocycles. The fourth-order valence-electron chi connectivity index (χ4n) is 9.60. The lowest BCUT2D eigenvalue weighted by Crippen LogP contribution is -2.28. The summed E-state index contributed by atoms with van der Waals surface area (Å²) >= 11 is 0. The lowest BCUT2D eigenvalue weighted by Gasteiger charge is -2.34. The molecule has 0 saturated heterocycles. The number of nitrogen functional groups attached to an aromatic ring is 1. The quantitative estimate of drug-likeness (QED) is 0.128. The van der Waals surface area contributed by atoms with Gasteiger partial charge in [0.1, 0.15) is 0 Å². The molecule has 0 aliphatic heterocycles. The topological polar surface area (TPSA) is 43.3 Å². The number of anilines is 1. The predicted octanol–water partition coefficient (Wildman–Crippen LogP) is 12.9. The van der Waals surface area contributed by atoms with Gasteiger partial charge in [0.2, 0.25) is 0 Å². The van der Waals surface area contributed by atoms with E-state index in [2.05, 4.69) is 193 Å². The summed E-state index contributed by atoms with van der Waals surface area (Å²) in [6.07, 6.45) is 0. The van der Waals surface area contributed by atoms with Gasteiger partial charge >= 0.3 is 0 Å². The second kappa shape index (κ2) is 13.6. The predicted molar refractivity (Wildman–Crippen MR) is 242 cm³/mol. The highest BCUT2D eigenvalue weighted by molar-refractivity contribution is 6.22. The van der Waals surface area contributed by atoms with Crippen LogP contribution in [0.1, 0.15) is 38.9 Å². The van der Waals surface area contributed by atoms with Crippen molar-refractivity contribution in [1.82, 2.24) is 4.57 Å². The van der Waals surface area contributed by atoms with Crippen molar-refractivity contribution < 1.29 is 0 Å². The van der Waals surface area contributed by atoms with E-state index in [1.807, 2.05) is 24.3 Å². The van der Waals surface area contributed by atoms with Crippen molar-refractivity contribution in [3.05, 3.63) is 251 Å². The van der Waals surface area contributed by atoms with Crippen molar-refractivity contribution in [2.75, 3.05) is 5.73 Å². The lowest BCUT2D eigenvalue weighted by atomic mass is 9.67. The molecule has 0 spiro atoms. The molecule has 10 aromatic rings. The van der Waals surface area contributed by atoms with Crippen LogP contribution in [0.15, 0.2) is 217 Å². The van der Waals surface area contributed by atoms with Crippen LogP contribution < -0.4 is 5.73 Å². The second-order valence-electron chi connectivity index (χ2n) is 15.2. The third-order valence-electron chi connectivity index (χ3n) is 12.1. The Balaban J connectivity index is 1.17. The van der Waals surface area contributed by atoms with Gasteiger partial charge in [0.05, 0.1) is 28.7 Å². The van der Waals surface area contributed by atoms with E-state index in [4.69, 9.17) is 10.7 Å². The van der Waals surface area contributed by atoms with Crippen LogP contribution in [0.3, 0.4) is 0 Å². The number of aromatic nitrogens is 1. The highest BCUT2D eigenvalue weighted by Crippen LogP contribution is 2.57. The van der Waals surface area contributed by atoms with Gasteiger partial charge in [0.25, 0.3) is 0 Å². The Morgan fingerprint density at radius 3 is 1.95 bits per heavy atom. The van der Waals surface area contributed by atoms with Gasteiger partial charge in [-0.15, -0.1) is 0 Å². The van der Waals surface area contributed by atoms with Crippen molar-refractivity contribution in [2.24, 2.45) is 4.99 Å². The first-order valence-electron chi connectivity index (χ1n) is 20.0. The molecule has 1 aliphatic rings. The minimum atomic E-state index is -0.504. The van der Waals surface area contributed by atoms with E-state index in [9.17, 15) is 0 Å². The fourth-order valence-corrected chi connectivity index (χ4v) is 9.60. The SMILES string of the molecule is Nc1ccccc1/C(=N\Cc1cccc(-n2c3cc4c(cc3c3c5ccccc5ccc32)-c2ccccc2C4(c2ccccc2)c2ccccc2)c1)c1ccccc1. The van der Waals surface area contributed by atoms with Crippen molar-refractivity contribution in [3.63, 3.8) is 0 Å². The van der Waals surface area contributed by atoms with Crippen LogP contribution in [0.4, 0.5) is 5.69 Å². The lowest BCUT2D eigenvalue weighted by molar-refractivity contribution is 0.769. The number of hydrogen-bond donors (Lipinski definition) is 1. The number of nitrogens with zero attached hydrogens (tertiary/aromatic N) is 2. The summed E-state index contributed by atoms with van der Waals surface area (Å²) in [4.78, 5) is 5.27. The zero-order valence-electron chi connectivity index (χ0n) is 31.9. The summed E-state index contributed by atoms with van der Waals surface area (Å²) in [5, 5.41) is 4.99. The van der Waals surface area contributed by atoms with Gasteiger partial charge in [-0.1, -0.05) is 176 Å². The first-order chi connectivity index (χ1) is 28.7. The highest BCUT2D eigenvalue weighted by atomic mass is 15.0. The number of para-hydroxylation sites is 1. The molecule has 1 aromatic heterocycles. The Morgan fingerprint density at radius 2 is 1.17 bits per heavy atom. The Kier molecular flexibility index (Phi) is 7.94.